The lowest BCUT2D eigenvalue weighted by Crippen LogP contribution is -2.24. The van der Waals surface area contributed by atoms with E-state index >= 15 is 0 Å². The second-order valence-corrected chi connectivity index (χ2v) is 6.18. The van der Waals surface area contributed by atoms with Gasteiger partial charge in [-0.25, -0.2) is 4.98 Å². The van der Waals surface area contributed by atoms with E-state index in [9.17, 15) is 4.79 Å². The number of para-hydroxylation sites is 2. The number of nitrogens with zero attached hydrogens (tertiary/aromatic N) is 3. The van der Waals surface area contributed by atoms with E-state index < -0.39 is 0 Å². The Bertz CT molecular complexity index is 853. The molecule has 2 aromatic carbocycles. The van der Waals surface area contributed by atoms with Crippen molar-refractivity contribution in [3.8, 4) is 0 Å². The number of benzene rings is 2. The van der Waals surface area contributed by atoms with Crippen LogP contribution in [-0.4, -0.2) is 26.9 Å². The SMILES string of the molecule is Cn1c([C@H]2CC(=O)N(Cc3ccccc3)C2)nc2ccccc21. The molecule has 0 N–H and O–H groups in total. The summed E-state index contributed by atoms with van der Waals surface area (Å²) in [5.74, 6) is 1.39. The van der Waals surface area contributed by atoms with Crippen molar-refractivity contribution >= 4 is 16.9 Å². The third-order valence-corrected chi connectivity index (χ3v) is 4.62. The number of fused-ring (bicyclic) bond motifs is 1. The van der Waals surface area contributed by atoms with Crippen LogP contribution < -0.4 is 0 Å². The van der Waals surface area contributed by atoms with Gasteiger partial charge in [-0.15, -0.1) is 0 Å². The molecular weight excluding hydrogens is 286 g/mol. The van der Waals surface area contributed by atoms with Crippen molar-refractivity contribution in [1.82, 2.24) is 14.5 Å². The van der Waals surface area contributed by atoms with Crippen molar-refractivity contribution in [2.24, 2.45) is 7.05 Å². The predicted molar refractivity (Wildman–Crippen MR) is 89.9 cm³/mol. The van der Waals surface area contributed by atoms with Gasteiger partial charge in [0.2, 0.25) is 5.91 Å². The van der Waals surface area contributed by atoms with Gasteiger partial charge in [-0.3, -0.25) is 4.79 Å². The molecule has 1 aliphatic rings. The topological polar surface area (TPSA) is 38.1 Å². The minimum absolute atomic E-state index is 0.170. The number of aryl methyl sites for hydroxylation is 1. The van der Waals surface area contributed by atoms with Crippen molar-refractivity contribution in [2.75, 3.05) is 6.54 Å². The Hall–Kier alpha value is -2.62. The zero-order chi connectivity index (χ0) is 15.8. The molecule has 1 atom stereocenters. The maximum atomic E-state index is 12.4. The second kappa shape index (κ2) is 5.54. The first kappa shape index (κ1) is 14.0. The Morgan fingerprint density at radius 1 is 1.09 bits per heavy atom. The van der Waals surface area contributed by atoms with Gasteiger partial charge >= 0.3 is 0 Å². The number of carbonyl (C=O) groups excluding carboxylic acids is 1. The maximum absolute atomic E-state index is 12.4. The summed E-state index contributed by atoms with van der Waals surface area (Å²) in [5.41, 5.74) is 3.29. The first-order valence-corrected chi connectivity index (χ1v) is 7.95. The smallest absolute Gasteiger partial charge is 0.223 e. The largest absolute Gasteiger partial charge is 0.338 e. The highest BCUT2D eigenvalue weighted by Crippen LogP contribution is 2.30. The van der Waals surface area contributed by atoms with Crippen LogP contribution in [0.1, 0.15) is 23.7 Å². The molecule has 0 saturated carbocycles. The molecule has 3 aromatic rings. The molecule has 1 fully saturated rings. The maximum Gasteiger partial charge on any atom is 0.223 e. The number of hydrogen-bond acceptors (Lipinski definition) is 2. The summed E-state index contributed by atoms with van der Waals surface area (Å²) < 4.78 is 2.12. The fraction of sp³-hybridized carbons (Fsp3) is 0.263. The van der Waals surface area contributed by atoms with Gasteiger partial charge < -0.3 is 9.47 Å². The molecule has 116 valence electrons. The molecule has 0 radical (unpaired) electrons. The Morgan fingerprint density at radius 3 is 2.61 bits per heavy atom. The summed E-state index contributed by atoms with van der Waals surface area (Å²) >= 11 is 0. The van der Waals surface area contributed by atoms with Gasteiger partial charge in [0.15, 0.2) is 0 Å². The van der Waals surface area contributed by atoms with Crippen molar-refractivity contribution in [3.63, 3.8) is 0 Å². The Morgan fingerprint density at radius 2 is 1.83 bits per heavy atom. The molecule has 1 aliphatic heterocycles. The lowest BCUT2D eigenvalue weighted by atomic mass is 10.1. The minimum atomic E-state index is 0.170. The Balaban J connectivity index is 1.59. The van der Waals surface area contributed by atoms with Crippen LogP contribution in [0.4, 0.5) is 0 Å². The fourth-order valence-electron chi connectivity index (χ4n) is 3.43. The van der Waals surface area contributed by atoms with E-state index in [-0.39, 0.29) is 11.8 Å². The fourth-order valence-corrected chi connectivity index (χ4v) is 3.43. The van der Waals surface area contributed by atoms with E-state index in [1.807, 2.05) is 48.3 Å². The zero-order valence-electron chi connectivity index (χ0n) is 13.1. The third-order valence-electron chi connectivity index (χ3n) is 4.62. The van der Waals surface area contributed by atoms with Crippen molar-refractivity contribution in [2.45, 2.75) is 18.9 Å². The molecule has 23 heavy (non-hydrogen) atoms. The quantitative estimate of drug-likeness (QED) is 0.746. The van der Waals surface area contributed by atoms with Gasteiger partial charge in [0.25, 0.3) is 0 Å². The summed E-state index contributed by atoms with van der Waals surface area (Å²) in [5, 5.41) is 0. The first-order chi connectivity index (χ1) is 11.2. The highest BCUT2D eigenvalue weighted by atomic mass is 16.2. The van der Waals surface area contributed by atoms with Gasteiger partial charge in [0.05, 0.1) is 11.0 Å². The number of aromatic nitrogens is 2. The van der Waals surface area contributed by atoms with Gasteiger partial charge in [-0.2, -0.15) is 0 Å². The van der Waals surface area contributed by atoms with Crippen LogP contribution in [-0.2, 0) is 18.4 Å². The van der Waals surface area contributed by atoms with Crippen molar-refractivity contribution < 1.29 is 4.79 Å². The summed E-state index contributed by atoms with van der Waals surface area (Å²) in [6.07, 6.45) is 0.546. The summed E-state index contributed by atoms with van der Waals surface area (Å²) in [4.78, 5) is 19.1. The molecule has 4 rings (SSSR count). The molecule has 0 bridgehead atoms. The molecule has 4 nitrogen and oxygen atoms in total. The average Bonchev–Trinajstić information content (AvgIpc) is 3.10. The van der Waals surface area contributed by atoms with Crippen LogP contribution in [0.3, 0.4) is 0 Å². The number of carbonyl (C=O) groups is 1. The number of hydrogen-bond donors (Lipinski definition) is 0. The average molecular weight is 305 g/mol. The number of rotatable bonds is 3. The molecule has 0 aliphatic carbocycles. The molecule has 0 unspecified atom stereocenters. The van der Waals surface area contributed by atoms with Gasteiger partial charge in [-0.05, 0) is 17.7 Å². The Kier molecular flexibility index (Phi) is 3.37. The lowest BCUT2D eigenvalue weighted by Gasteiger charge is -2.16. The second-order valence-electron chi connectivity index (χ2n) is 6.18. The van der Waals surface area contributed by atoms with E-state index in [1.165, 1.54) is 5.56 Å². The van der Waals surface area contributed by atoms with E-state index in [1.54, 1.807) is 0 Å². The number of imidazole rings is 1. The van der Waals surface area contributed by atoms with E-state index in [0.29, 0.717) is 13.0 Å². The summed E-state index contributed by atoms with van der Waals surface area (Å²) in [6.45, 7) is 1.42. The van der Waals surface area contributed by atoms with E-state index in [4.69, 9.17) is 4.98 Å². The molecule has 4 heteroatoms. The van der Waals surface area contributed by atoms with Crippen LogP contribution in [0, 0.1) is 0 Å². The van der Waals surface area contributed by atoms with Crippen LogP contribution in [0.25, 0.3) is 11.0 Å². The molecular formula is C19H19N3O. The van der Waals surface area contributed by atoms with Gasteiger partial charge in [-0.1, -0.05) is 42.5 Å². The summed E-state index contributed by atoms with van der Waals surface area (Å²) in [6, 6.07) is 18.3. The number of likely N-dealkylation sites (tertiary alicyclic amines) is 1. The number of amides is 1. The van der Waals surface area contributed by atoms with E-state index in [2.05, 4.69) is 22.8 Å². The van der Waals surface area contributed by atoms with E-state index in [0.717, 1.165) is 23.4 Å². The zero-order valence-corrected chi connectivity index (χ0v) is 13.1. The van der Waals surface area contributed by atoms with Crippen LogP contribution in [0.15, 0.2) is 54.6 Å². The molecule has 0 spiro atoms. The normalized spacial score (nSPS) is 18.0. The lowest BCUT2D eigenvalue weighted by molar-refractivity contribution is -0.128. The molecule has 1 amide bonds. The van der Waals surface area contributed by atoms with Gasteiger partial charge in [0, 0.05) is 32.5 Å². The van der Waals surface area contributed by atoms with Crippen LogP contribution in [0.5, 0.6) is 0 Å². The standard InChI is InChI=1S/C19H19N3O/c1-21-17-10-6-5-9-16(17)20-19(21)15-11-18(23)22(13-15)12-14-7-3-2-4-8-14/h2-10,15H,11-13H2,1H3/t15-/m0/s1. The highest BCUT2D eigenvalue weighted by Gasteiger charge is 2.33. The highest BCUT2D eigenvalue weighted by molar-refractivity contribution is 5.80. The van der Waals surface area contributed by atoms with Crippen molar-refractivity contribution in [3.05, 3.63) is 66.0 Å². The molecule has 2 heterocycles. The van der Waals surface area contributed by atoms with Crippen molar-refractivity contribution in [1.29, 1.82) is 0 Å². The predicted octanol–water partition coefficient (Wildman–Crippen LogP) is 3.09. The monoisotopic (exact) mass is 305 g/mol. The Labute approximate surface area is 135 Å². The molecule has 1 aromatic heterocycles. The van der Waals surface area contributed by atoms with Crippen LogP contribution in [0.2, 0.25) is 0 Å². The van der Waals surface area contributed by atoms with Gasteiger partial charge in [0.1, 0.15) is 5.82 Å². The molecule has 1 saturated heterocycles. The van der Waals surface area contributed by atoms with Crippen LogP contribution >= 0.6 is 0 Å². The minimum Gasteiger partial charge on any atom is -0.338 e. The first-order valence-electron chi connectivity index (χ1n) is 7.95. The third kappa shape index (κ3) is 2.50. The summed E-state index contributed by atoms with van der Waals surface area (Å²) in [7, 11) is 2.04.